The number of likely N-dealkylation sites (tertiary alicyclic amines) is 1. The topological polar surface area (TPSA) is 112 Å². The van der Waals surface area contributed by atoms with Crippen LogP contribution < -0.4 is 5.32 Å². The molecular formula is C25H40N6O4. The van der Waals surface area contributed by atoms with E-state index in [4.69, 9.17) is 4.52 Å². The molecule has 1 aromatic rings. The summed E-state index contributed by atoms with van der Waals surface area (Å²) in [5.41, 5.74) is -0.573. The molecule has 0 bridgehead atoms. The molecular weight excluding hydrogens is 448 g/mol. The van der Waals surface area contributed by atoms with Gasteiger partial charge in [-0.2, -0.15) is 4.98 Å². The molecule has 2 saturated heterocycles. The van der Waals surface area contributed by atoms with Crippen LogP contribution in [0.25, 0.3) is 0 Å². The Hall–Kier alpha value is -2.49. The lowest BCUT2D eigenvalue weighted by molar-refractivity contribution is -0.135. The summed E-state index contributed by atoms with van der Waals surface area (Å²) in [5.74, 6) is 1.16. The van der Waals surface area contributed by atoms with Gasteiger partial charge < -0.3 is 19.6 Å². The van der Waals surface area contributed by atoms with E-state index < -0.39 is 5.54 Å². The third-order valence-electron chi connectivity index (χ3n) is 7.61. The zero-order valence-electron chi connectivity index (χ0n) is 21.1. The van der Waals surface area contributed by atoms with Crippen molar-refractivity contribution in [1.29, 1.82) is 0 Å². The summed E-state index contributed by atoms with van der Waals surface area (Å²) >= 11 is 0. The monoisotopic (exact) mass is 488 g/mol. The summed E-state index contributed by atoms with van der Waals surface area (Å²) in [5, 5.41) is 7.29. The molecule has 0 aromatic carbocycles. The second-order valence-electron chi connectivity index (χ2n) is 10.3. The Kier molecular flexibility index (Phi) is 8.75. The minimum Gasteiger partial charge on any atom is -0.343 e. The lowest BCUT2D eigenvalue weighted by atomic mass is 9.89. The van der Waals surface area contributed by atoms with Gasteiger partial charge in [-0.1, -0.05) is 30.8 Å². The number of carbonyl (C=O) groups excluding carboxylic acids is 3. The predicted molar refractivity (Wildman–Crippen MR) is 129 cm³/mol. The fraction of sp³-hybridized carbons (Fsp3) is 0.800. The lowest BCUT2D eigenvalue weighted by Crippen LogP contribution is -2.52. The summed E-state index contributed by atoms with van der Waals surface area (Å²) in [6.07, 6.45) is 10.0. The highest BCUT2D eigenvalue weighted by Gasteiger charge is 2.38. The van der Waals surface area contributed by atoms with Gasteiger partial charge in [0.15, 0.2) is 5.82 Å². The van der Waals surface area contributed by atoms with E-state index >= 15 is 0 Å². The first-order valence-electron chi connectivity index (χ1n) is 13.3. The number of nitrogens with zero attached hydrogens (tertiary/aromatic N) is 5. The molecule has 10 nitrogen and oxygen atoms in total. The second-order valence-corrected chi connectivity index (χ2v) is 10.3. The molecule has 1 aliphatic carbocycles. The first kappa shape index (κ1) is 25.6. The van der Waals surface area contributed by atoms with Gasteiger partial charge in [0.25, 0.3) is 0 Å². The molecule has 10 heteroatoms. The average Bonchev–Trinajstić information content (AvgIpc) is 3.23. The Morgan fingerprint density at radius 1 is 0.857 bits per heavy atom. The van der Waals surface area contributed by atoms with E-state index in [1.807, 2.05) is 9.80 Å². The van der Waals surface area contributed by atoms with Crippen LogP contribution in [0.15, 0.2) is 4.52 Å². The molecule has 3 aliphatic rings. The van der Waals surface area contributed by atoms with Gasteiger partial charge in [0.2, 0.25) is 23.6 Å². The standard InChI is InChI=1S/C25H40N6O4/c1-20(32)27-25(11-5-2-3-6-12-25)24-26-21(35-28-24)9-10-22(33)31-17-15-29(16-18-31)19-23(34)30-13-7-4-8-14-30/h2-19H2,1H3,(H,27,32). The Morgan fingerprint density at radius 3 is 2.14 bits per heavy atom. The number of carbonyl (C=O) groups is 3. The number of hydrogen-bond acceptors (Lipinski definition) is 7. The molecule has 0 unspecified atom stereocenters. The fourth-order valence-corrected chi connectivity index (χ4v) is 5.59. The highest BCUT2D eigenvalue weighted by molar-refractivity contribution is 5.78. The van der Waals surface area contributed by atoms with E-state index in [1.165, 1.54) is 13.3 Å². The Bertz CT molecular complexity index is 865. The number of piperazine rings is 1. The summed E-state index contributed by atoms with van der Waals surface area (Å²) in [6.45, 7) is 6.42. The second kappa shape index (κ2) is 12.0. The van der Waals surface area contributed by atoms with Gasteiger partial charge in [0.05, 0.1) is 6.54 Å². The molecule has 2 aliphatic heterocycles. The van der Waals surface area contributed by atoms with Crippen LogP contribution >= 0.6 is 0 Å². The van der Waals surface area contributed by atoms with Crippen LogP contribution in [0, 0.1) is 0 Å². The lowest BCUT2D eigenvalue weighted by Gasteiger charge is -2.36. The number of nitrogens with one attached hydrogen (secondary N) is 1. The molecule has 1 aromatic heterocycles. The largest absolute Gasteiger partial charge is 0.343 e. The van der Waals surface area contributed by atoms with E-state index in [9.17, 15) is 14.4 Å². The molecule has 0 atom stereocenters. The highest BCUT2D eigenvalue weighted by atomic mass is 16.5. The molecule has 194 valence electrons. The van der Waals surface area contributed by atoms with Gasteiger partial charge >= 0.3 is 0 Å². The van der Waals surface area contributed by atoms with Crippen LogP contribution in [0.5, 0.6) is 0 Å². The van der Waals surface area contributed by atoms with Crippen LogP contribution in [0.1, 0.15) is 82.8 Å². The van der Waals surface area contributed by atoms with E-state index in [2.05, 4.69) is 20.4 Å². The van der Waals surface area contributed by atoms with Gasteiger partial charge in [0, 0.05) is 59.0 Å². The minimum absolute atomic E-state index is 0.0674. The summed E-state index contributed by atoms with van der Waals surface area (Å²) < 4.78 is 5.49. The molecule has 3 fully saturated rings. The van der Waals surface area contributed by atoms with Crippen molar-refractivity contribution in [3.05, 3.63) is 11.7 Å². The van der Waals surface area contributed by atoms with Crippen LogP contribution in [-0.2, 0) is 26.3 Å². The predicted octanol–water partition coefficient (Wildman–Crippen LogP) is 1.84. The molecule has 3 amide bonds. The average molecular weight is 489 g/mol. The van der Waals surface area contributed by atoms with Gasteiger partial charge in [-0.25, -0.2) is 0 Å². The van der Waals surface area contributed by atoms with Crippen molar-refractivity contribution in [2.24, 2.45) is 0 Å². The number of piperidine rings is 1. The highest BCUT2D eigenvalue weighted by Crippen LogP contribution is 2.34. The number of aryl methyl sites for hydroxylation is 1. The summed E-state index contributed by atoms with van der Waals surface area (Å²) in [7, 11) is 0. The van der Waals surface area contributed by atoms with Crippen molar-refractivity contribution in [3.63, 3.8) is 0 Å². The normalized spacial score (nSPS) is 21.4. The SMILES string of the molecule is CC(=O)NC1(c2noc(CCC(=O)N3CCN(CC(=O)N4CCCCC4)CC3)n2)CCCCCC1. The third kappa shape index (κ3) is 6.80. The first-order valence-corrected chi connectivity index (χ1v) is 13.3. The Balaban J connectivity index is 1.24. The van der Waals surface area contributed by atoms with Crippen molar-refractivity contribution in [2.75, 3.05) is 45.8 Å². The van der Waals surface area contributed by atoms with Crippen molar-refractivity contribution in [3.8, 4) is 0 Å². The molecule has 0 radical (unpaired) electrons. The number of aromatic nitrogens is 2. The van der Waals surface area contributed by atoms with Crippen LogP contribution in [0.4, 0.5) is 0 Å². The number of hydrogen-bond donors (Lipinski definition) is 1. The van der Waals surface area contributed by atoms with Gasteiger partial charge in [0.1, 0.15) is 5.54 Å². The zero-order chi connectivity index (χ0) is 24.7. The summed E-state index contributed by atoms with van der Waals surface area (Å²) in [4.78, 5) is 47.8. The van der Waals surface area contributed by atoms with Gasteiger partial charge in [-0.3, -0.25) is 19.3 Å². The van der Waals surface area contributed by atoms with Gasteiger partial charge in [-0.05, 0) is 32.1 Å². The smallest absolute Gasteiger partial charge is 0.236 e. The molecule has 1 saturated carbocycles. The molecule has 4 rings (SSSR count). The Morgan fingerprint density at radius 2 is 1.49 bits per heavy atom. The van der Waals surface area contributed by atoms with E-state index in [0.29, 0.717) is 44.2 Å². The maximum absolute atomic E-state index is 12.8. The Labute approximate surface area is 207 Å². The minimum atomic E-state index is -0.573. The van der Waals surface area contributed by atoms with Gasteiger partial charge in [-0.15, -0.1) is 0 Å². The van der Waals surface area contributed by atoms with E-state index in [0.717, 1.165) is 77.5 Å². The van der Waals surface area contributed by atoms with Crippen LogP contribution in [0.3, 0.4) is 0 Å². The van der Waals surface area contributed by atoms with Crippen molar-refractivity contribution >= 4 is 17.7 Å². The maximum Gasteiger partial charge on any atom is 0.236 e. The third-order valence-corrected chi connectivity index (χ3v) is 7.61. The maximum atomic E-state index is 12.8. The quantitative estimate of drug-likeness (QED) is 0.583. The molecule has 35 heavy (non-hydrogen) atoms. The fourth-order valence-electron chi connectivity index (χ4n) is 5.59. The van der Waals surface area contributed by atoms with Crippen LogP contribution in [-0.4, -0.2) is 88.4 Å². The van der Waals surface area contributed by atoms with E-state index in [-0.39, 0.29) is 17.7 Å². The summed E-state index contributed by atoms with van der Waals surface area (Å²) in [6, 6.07) is 0. The van der Waals surface area contributed by atoms with Crippen molar-refractivity contribution in [2.45, 2.75) is 83.1 Å². The molecule has 1 N–H and O–H groups in total. The van der Waals surface area contributed by atoms with E-state index in [1.54, 1.807) is 0 Å². The van der Waals surface area contributed by atoms with Crippen molar-refractivity contribution < 1.29 is 18.9 Å². The van der Waals surface area contributed by atoms with Crippen molar-refractivity contribution in [1.82, 2.24) is 30.2 Å². The zero-order valence-corrected chi connectivity index (χ0v) is 21.1. The van der Waals surface area contributed by atoms with Crippen LogP contribution in [0.2, 0.25) is 0 Å². The number of rotatable bonds is 7. The number of amides is 3. The molecule has 3 heterocycles. The first-order chi connectivity index (χ1) is 16.9. The molecule has 0 spiro atoms.